The van der Waals surface area contributed by atoms with E-state index in [1.165, 1.54) is 16.3 Å². The minimum atomic E-state index is -0.343. The molecule has 5 heteroatoms. The number of rotatable bonds is 4. The maximum atomic E-state index is 11.6. The third-order valence-corrected chi connectivity index (χ3v) is 5.19. The molecule has 0 radical (unpaired) electrons. The van der Waals surface area contributed by atoms with Crippen molar-refractivity contribution >= 4 is 22.5 Å². The van der Waals surface area contributed by atoms with E-state index in [9.17, 15) is 4.79 Å². The minimum absolute atomic E-state index is 0.0158. The predicted molar refractivity (Wildman–Crippen MR) is 108 cm³/mol. The van der Waals surface area contributed by atoms with Gasteiger partial charge in [-0.3, -0.25) is 0 Å². The number of benzene rings is 2. The monoisotopic (exact) mass is 376 g/mol. The van der Waals surface area contributed by atoms with Crippen molar-refractivity contribution in [2.45, 2.75) is 46.5 Å². The Kier molecular flexibility index (Phi) is 4.75. The van der Waals surface area contributed by atoms with Crippen molar-refractivity contribution in [1.82, 2.24) is 5.16 Å². The van der Waals surface area contributed by atoms with E-state index in [2.05, 4.69) is 54.5 Å². The maximum absolute atomic E-state index is 11.6. The first kappa shape index (κ1) is 18.4. The topological polar surface area (TPSA) is 64.7 Å². The van der Waals surface area contributed by atoms with Crippen molar-refractivity contribution in [2.75, 3.05) is 0 Å². The summed E-state index contributed by atoms with van der Waals surface area (Å²) in [6, 6.07) is 14.6. The third kappa shape index (κ3) is 3.57. The van der Waals surface area contributed by atoms with Gasteiger partial charge in [0.1, 0.15) is 0 Å². The predicted octanol–water partition coefficient (Wildman–Crippen LogP) is 5.05. The Balaban J connectivity index is 1.74. The van der Waals surface area contributed by atoms with Crippen LogP contribution in [0.5, 0.6) is 0 Å². The molecule has 0 saturated carbocycles. The number of hydrogen-bond donors (Lipinski definition) is 0. The minimum Gasteiger partial charge on any atom is -0.360 e. The van der Waals surface area contributed by atoms with Gasteiger partial charge in [0, 0.05) is 12.8 Å². The molecule has 0 N–H and O–H groups in total. The molecule has 0 atom stereocenters. The van der Waals surface area contributed by atoms with Crippen molar-refractivity contribution in [3.63, 3.8) is 0 Å². The molecule has 0 fully saturated rings. The molecule has 0 amide bonds. The highest BCUT2D eigenvalue weighted by Crippen LogP contribution is 2.37. The quantitative estimate of drug-likeness (QED) is 0.472. The van der Waals surface area contributed by atoms with Gasteiger partial charge in [0.25, 0.3) is 0 Å². The SMILES string of the molecule is CCC(=O)ON=C1CC(C)(C)Cc2noc(Cc3cccc4ccccc34)c21. The second-order valence-corrected chi connectivity index (χ2v) is 8.12. The van der Waals surface area contributed by atoms with Gasteiger partial charge in [0.2, 0.25) is 0 Å². The molecular weight excluding hydrogens is 352 g/mol. The maximum Gasteiger partial charge on any atom is 0.334 e. The molecule has 4 rings (SSSR count). The van der Waals surface area contributed by atoms with Crippen LogP contribution in [0.4, 0.5) is 0 Å². The molecule has 0 unspecified atom stereocenters. The van der Waals surface area contributed by atoms with Crippen LogP contribution < -0.4 is 0 Å². The van der Waals surface area contributed by atoms with Crippen LogP contribution in [0.1, 0.15) is 56.2 Å². The van der Waals surface area contributed by atoms with Crippen LogP contribution in [0.3, 0.4) is 0 Å². The zero-order valence-corrected chi connectivity index (χ0v) is 16.5. The molecule has 0 spiro atoms. The van der Waals surface area contributed by atoms with Gasteiger partial charge in [-0.15, -0.1) is 0 Å². The van der Waals surface area contributed by atoms with Crippen LogP contribution in [0, 0.1) is 5.41 Å². The van der Waals surface area contributed by atoms with Crippen molar-refractivity contribution < 1.29 is 14.2 Å². The molecule has 0 aliphatic heterocycles. The van der Waals surface area contributed by atoms with Crippen LogP contribution in [0.15, 0.2) is 52.1 Å². The lowest BCUT2D eigenvalue weighted by Gasteiger charge is -2.28. The van der Waals surface area contributed by atoms with Crippen molar-refractivity contribution in [3.05, 3.63) is 65.0 Å². The van der Waals surface area contributed by atoms with Crippen LogP contribution in [-0.4, -0.2) is 16.8 Å². The summed E-state index contributed by atoms with van der Waals surface area (Å²) in [6.07, 6.45) is 2.42. The largest absolute Gasteiger partial charge is 0.360 e. The zero-order valence-electron chi connectivity index (χ0n) is 16.5. The second-order valence-electron chi connectivity index (χ2n) is 8.12. The average Bonchev–Trinajstić information content (AvgIpc) is 3.07. The summed E-state index contributed by atoms with van der Waals surface area (Å²) >= 11 is 0. The first-order chi connectivity index (χ1) is 13.5. The van der Waals surface area contributed by atoms with Crippen LogP contribution in [-0.2, 0) is 22.5 Å². The van der Waals surface area contributed by atoms with E-state index in [1.807, 2.05) is 12.1 Å². The summed E-state index contributed by atoms with van der Waals surface area (Å²) in [7, 11) is 0. The van der Waals surface area contributed by atoms with E-state index in [-0.39, 0.29) is 11.4 Å². The van der Waals surface area contributed by atoms with E-state index in [0.29, 0.717) is 19.3 Å². The molecule has 1 aliphatic rings. The van der Waals surface area contributed by atoms with Crippen molar-refractivity contribution in [1.29, 1.82) is 0 Å². The van der Waals surface area contributed by atoms with E-state index in [1.54, 1.807) is 6.92 Å². The molecule has 1 heterocycles. The molecular formula is C23H24N2O3. The van der Waals surface area contributed by atoms with E-state index < -0.39 is 0 Å². The first-order valence-electron chi connectivity index (χ1n) is 9.68. The van der Waals surface area contributed by atoms with Crippen molar-refractivity contribution in [3.8, 4) is 0 Å². The Morgan fingerprint density at radius 3 is 2.79 bits per heavy atom. The van der Waals surface area contributed by atoms with Gasteiger partial charge in [0.05, 0.1) is 17.0 Å². The Hall–Kier alpha value is -2.95. The van der Waals surface area contributed by atoms with Gasteiger partial charge < -0.3 is 9.36 Å². The van der Waals surface area contributed by atoms with Crippen LogP contribution in [0.2, 0.25) is 0 Å². The number of oxime groups is 1. The summed E-state index contributed by atoms with van der Waals surface area (Å²) in [4.78, 5) is 16.7. The van der Waals surface area contributed by atoms with Gasteiger partial charge in [-0.05, 0) is 34.6 Å². The Labute approximate surface area is 164 Å². The summed E-state index contributed by atoms with van der Waals surface area (Å²) < 4.78 is 5.76. The highest BCUT2D eigenvalue weighted by molar-refractivity contribution is 6.03. The molecule has 0 saturated heterocycles. The van der Waals surface area contributed by atoms with Crippen molar-refractivity contribution in [2.24, 2.45) is 10.6 Å². The summed E-state index contributed by atoms with van der Waals surface area (Å²) in [5.41, 5.74) is 3.68. The normalized spacial score (nSPS) is 16.9. The number of fused-ring (bicyclic) bond motifs is 2. The molecule has 144 valence electrons. The molecule has 0 bridgehead atoms. The van der Waals surface area contributed by atoms with E-state index in [0.717, 1.165) is 29.2 Å². The molecule has 1 aromatic heterocycles. The average molecular weight is 376 g/mol. The highest BCUT2D eigenvalue weighted by atomic mass is 16.7. The number of carbonyl (C=O) groups excluding carboxylic acids is 1. The highest BCUT2D eigenvalue weighted by Gasteiger charge is 2.35. The standard InChI is InChI=1S/C23H24N2O3/c1-4-21(26)28-25-19-14-23(2,3)13-18-22(19)20(27-24-18)12-16-10-7-9-15-8-5-6-11-17(15)16/h5-11H,4,12-14H2,1-3H3. The smallest absolute Gasteiger partial charge is 0.334 e. The Morgan fingerprint density at radius 1 is 1.18 bits per heavy atom. The third-order valence-electron chi connectivity index (χ3n) is 5.19. The van der Waals surface area contributed by atoms with Gasteiger partial charge in [-0.2, -0.15) is 0 Å². The van der Waals surface area contributed by atoms with E-state index in [4.69, 9.17) is 9.36 Å². The molecule has 3 aromatic rings. The molecule has 5 nitrogen and oxygen atoms in total. The van der Waals surface area contributed by atoms with Gasteiger partial charge in [0.15, 0.2) is 5.76 Å². The van der Waals surface area contributed by atoms with Crippen LogP contribution in [0.25, 0.3) is 10.8 Å². The fourth-order valence-electron chi connectivity index (χ4n) is 3.86. The van der Waals surface area contributed by atoms with E-state index >= 15 is 0 Å². The number of nitrogens with zero attached hydrogens (tertiary/aromatic N) is 2. The summed E-state index contributed by atoms with van der Waals surface area (Å²) in [5, 5.41) is 10.9. The fourth-order valence-corrected chi connectivity index (χ4v) is 3.86. The lowest BCUT2D eigenvalue weighted by Crippen LogP contribution is -2.28. The Morgan fingerprint density at radius 2 is 1.96 bits per heavy atom. The first-order valence-corrected chi connectivity index (χ1v) is 9.68. The second kappa shape index (κ2) is 7.23. The molecule has 1 aliphatic carbocycles. The fraction of sp³-hybridized carbons (Fsp3) is 0.348. The number of hydrogen-bond acceptors (Lipinski definition) is 5. The number of carbonyl (C=O) groups is 1. The Bertz CT molecular complexity index is 1060. The van der Waals surface area contributed by atoms with Gasteiger partial charge in [-0.1, -0.05) is 73.5 Å². The summed E-state index contributed by atoms with van der Waals surface area (Å²) in [5.74, 6) is 0.428. The molecule has 28 heavy (non-hydrogen) atoms. The lowest BCUT2D eigenvalue weighted by molar-refractivity contribution is -0.143. The van der Waals surface area contributed by atoms with Crippen LogP contribution >= 0.6 is 0 Å². The van der Waals surface area contributed by atoms with Gasteiger partial charge >= 0.3 is 5.97 Å². The summed E-state index contributed by atoms with van der Waals surface area (Å²) in [6.45, 7) is 6.07. The lowest BCUT2D eigenvalue weighted by atomic mass is 9.75. The zero-order chi connectivity index (χ0) is 19.7. The molecule has 2 aromatic carbocycles. The van der Waals surface area contributed by atoms with Gasteiger partial charge in [-0.25, -0.2) is 4.79 Å². The number of aromatic nitrogens is 1.